The molecule has 4 heteroatoms. The standard InChI is InChI=1S/C21H34N2O2/c1-20(2,3)15-12-16(19(25)17(13-15)21(4,5)6)18(24)14-23-10-8-22(7)9-11-23/h12-13,25H,8-11,14H2,1-7H3. The molecular weight excluding hydrogens is 312 g/mol. The summed E-state index contributed by atoms with van der Waals surface area (Å²) in [6.45, 7) is 16.8. The zero-order valence-electron chi connectivity index (χ0n) is 16.9. The lowest BCUT2D eigenvalue weighted by atomic mass is 9.78. The number of hydrogen-bond acceptors (Lipinski definition) is 4. The molecule has 1 heterocycles. The number of aromatic hydroxyl groups is 1. The number of ketones is 1. The number of hydrogen-bond donors (Lipinski definition) is 1. The molecule has 0 bridgehead atoms. The summed E-state index contributed by atoms with van der Waals surface area (Å²) in [4.78, 5) is 17.4. The molecule has 0 amide bonds. The number of phenolic OH excluding ortho intramolecular Hbond substituents is 1. The number of nitrogens with zero attached hydrogens (tertiary/aromatic N) is 2. The van der Waals surface area contributed by atoms with Crippen LogP contribution in [0.25, 0.3) is 0 Å². The van der Waals surface area contributed by atoms with Gasteiger partial charge in [-0.3, -0.25) is 9.69 Å². The monoisotopic (exact) mass is 346 g/mol. The second kappa shape index (κ2) is 7.08. The van der Waals surface area contributed by atoms with Crippen molar-refractivity contribution < 1.29 is 9.90 Å². The first-order valence-electron chi connectivity index (χ1n) is 9.21. The van der Waals surface area contributed by atoms with E-state index in [2.05, 4.69) is 64.5 Å². The van der Waals surface area contributed by atoms with Gasteiger partial charge in [0.1, 0.15) is 5.75 Å². The average Bonchev–Trinajstić information content (AvgIpc) is 2.47. The van der Waals surface area contributed by atoms with Gasteiger partial charge in [-0.1, -0.05) is 47.6 Å². The van der Waals surface area contributed by atoms with E-state index in [1.54, 1.807) is 0 Å². The summed E-state index contributed by atoms with van der Waals surface area (Å²) >= 11 is 0. The van der Waals surface area contributed by atoms with Gasteiger partial charge in [-0.2, -0.15) is 0 Å². The van der Waals surface area contributed by atoms with Gasteiger partial charge in [0.2, 0.25) is 0 Å². The van der Waals surface area contributed by atoms with E-state index in [1.807, 2.05) is 6.07 Å². The van der Waals surface area contributed by atoms with Gasteiger partial charge in [-0.25, -0.2) is 0 Å². The van der Waals surface area contributed by atoms with E-state index in [1.165, 1.54) is 0 Å². The quantitative estimate of drug-likeness (QED) is 0.852. The second-order valence-electron chi connectivity index (χ2n) is 9.42. The molecule has 1 aromatic carbocycles. The van der Waals surface area contributed by atoms with E-state index in [4.69, 9.17) is 0 Å². The lowest BCUT2D eigenvalue weighted by molar-refractivity contribution is 0.0873. The molecular formula is C21H34N2O2. The van der Waals surface area contributed by atoms with E-state index in [9.17, 15) is 9.90 Å². The van der Waals surface area contributed by atoms with Gasteiger partial charge in [0.25, 0.3) is 0 Å². The highest BCUT2D eigenvalue weighted by Crippen LogP contribution is 2.37. The van der Waals surface area contributed by atoms with Crippen molar-refractivity contribution in [2.75, 3.05) is 39.8 Å². The molecule has 0 aromatic heterocycles. The summed E-state index contributed by atoms with van der Waals surface area (Å²) in [7, 11) is 2.10. The zero-order valence-corrected chi connectivity index (χ0v) is 16.9. The molecule has 1 aromatic rings. The molecule has 0 unspecified atom stereocenters. The molecule has 25 heavy (non-hydrogen) atoms. The third-order valence-corrected chi connectivity index (χ3v) is 5.05. The van der Waals surface area contributed by atoms with E-state index in [-0.39, 0.29) is 22.4 Å². The third kappa shape index (κ3) is 4.83. The van der Waals surface area contributed by atoms with E-state index in [0.29, 0.717) is 12.1 Å². The van der Waals surface area contributed by atoms with Crippen LogP contribution in [0.5, 0.6) is 5.75 Å². The van der Waals surface area contributed by atoms with Crippen molar-refractivity contribution in [3.05, 3.63) is 28.8 Å². The molecule has 0 aliphatic carbocycles. The number of carbonyl (C=O) groups is 1. The Morgan fingerprint density at radius 1 is 1.00 bits per heavy atom. The van der Waals surface area contributed by atoms with Gasteiger partial charge in [0.15, 0.2) is 5.78 Å². The van der Waals surface area contributed by atoms with Crippen LogP contribution in [0.2, 0.25) is 0 Å². The number of likely N-dealkylation sites (N-methyl/N-ethyl adjacent to an activating group) is 1. The van der Waals surface area contributed by atoms with Crippen molar-refractivity contribution in [1.29, 1.82) is 0 Å². The highest BCUT2D eigenvalue weighted by molar-refractivity contribution is 6.00. The molecule has 140 valence electrons. The van der Waals surface area contributed by atoms with Gasteiger partial charge >= 0.3 is 0 Å². The van der Waals surface area contributed by atoms with Crippen LogP contribution in [0, 0.1) is 0 Å². The molecule has 0 saturated carbocycles. The first kappa shape index (κ1) is 19.9. The Labute approximate surface area is 152 Å². The fraction of sp³-hybridized carbons (Fsp3) is 0.667. The molecule has 1 fully saturated rings. The Morgan fingerprint density at radius 2 is 1.56 bits per heavy atom. The van der Waals surface area contributed by atoms with Crippen LogP contribution < -0.4 is 0 Å². The van der Waals surface area contributed by atoms with Gasteiger partial charge in [0, 0.05) is 31.7 Å². The molecule has 1 N–H and O–H groups in total. The number of phenols is 1. The van der Waals surface area contributed by atoms with Crippen molar-refractivity contribution in [1.82, 2.24) is 9.80 Å². The minimum Gasteiger partial charge on any atom is -0.507 e. The van der Waals surface area contributed by atoms with Crippen molar-refractivity contribution in [3.8, 4) is 5.75 Å². The summed E-state index contributed by atoms with van der Waals surface area (Å²) in [5, 5.41) is 10.8. The predicted molar refractivity (Wildman–Crippen MR) is 104 cm³/mol. The summed E-state index contributed by atoms with van der Waals surface area (Å²) < 4.78 is 0. The van der Waals surface area contributed by atoms with Crippen LogP contribution >= 0.6 is 0 Å². The lowest BCUT2D eigenvalue weighted by Crippen LogP contribution is -2.46. The minimum absolute atomic E-state index is 0.0126. The Bertz CT molecular complexity index is 631. The van der Waals surface area contributed by atoms with Crippen LogP contribution in [0.4, 0.5) is 0 Å². The predicted octanol–water partition coefficient (Wildman–Crippen LogP) is 3.42. The highest BCUT2D eigenvalue weighted by Gasteiger charge is 2.28. The lowest BCUT2D eigenvalue weighted by Gasteiger charge is -2.32. The first-order chi connectivity index (χ1) is 11.4. The molecule has 1 saturated heterocycles. The van der Waals surface area contributed by atoms with Crippen molar-refractivity contribution in [2.24, 2.45) is 0 Å². The van der Waals surface area contributed by atoms with E-state index < -0.39 is 0 Å². The maximum Gasteiger partial charge on any atom is 0.180 e. The average molecular weight is 347 g/mol. The van der Waals surface area contributed by atoms with Gasteiger partial charge in [-0.05, 0) is 29.5 Å². The molecule has 2 rings (SSSR count). The third-order valence-electron chi connectivity index (χ3n) is 5.05. The van der Waals surface area contributed by atoms with Gasteiger partial charge in [0.05, 0.1) is 12.1 Å². The van der Waals surface area contributed by atoms with Crippen molar-refractivity contribution in [2.45, 2.75) is 52.4 Å². The number of piperazine rings is 1. The Morgan fingerprint density at radius 3 is 2.04 bits per heavy atom. The number of rotatable bonds is 3. The van der Waals surface area contributed by atoms with Crippen LogP contribution in [-0.4, -0.2) is 60.5 Å². The summed E-state index contributed by atoms with van der Waals surface area (Å²) in [6, 6.07) is 3.95. The normalized spacial score (nSPS) is 17.7. The maximum absolute atomic E-state index is 13.0. The number of benzene rings is 1. The Kier molecular flexibility index (Phi) is 5.65. The van der Waals surface area contributed by atoms with E-state index >= 15 is 0 Å². The molecule has 1 aliphatic heterocycles. The summed E-state index contributed by atoms with van der Waals surface area (Å²) in [5.74, 6) is 0.165. The highest BCUT2D eigenvalue weighted by atomic mass is 16.3. The SMILES string of the molecule is CN1CCN(CC(=O)c2cc(C(C)(C)C)cc(C(C)(C)C)c2O)CC1. The van der Waals surface area contributed by atoms with Gasteiger partial charge < -0.3 is 10.0 Å². The molecule has 0 radical (unpaired) electrons. The Balaban J connectivity index is 2.36. The fourth-order valence-corrected chi connectivity index (χ4v) is 3.15. The van der Waals surface area contributed by atoms with Crippen molar-refractivity contribution >= 4 is 5.78 Å². The molecule has 4 nitrogen and oxygen atoms in total. The summed E-state index contributed by atoms with van der Waals surface area (Å²) in [6.07, 6.45) is 0. The van der Waals surface area contributed by atoms with Crippen LogP contribution in [0.3, 0.4) is 0 Å². The molecule has 0 spiro atoms. The first-order valence-corrected chi connectivity index (χ1v) is 9.21. The zero-order chi connectivity index (χ0) is 19.0. The minimum atomic E-state index is -0.214. The van der Waals surface area contributed by atoms with Crippen LogP contribution in [-0.2, 0) is 10.8 Å². The maximum atomic E-state index is 13.0. The Hall–Kier alpha value is -1.39. The fourth-order valence-electron chi connectivity index (χ4n) is 3.15. The van der Waals surface area contributed by atoms with Crippen LogP contribution in [0.15, 0.2) is 12.1 Å². The van der Waals surface area contributed by atoms with Gasteiger partial charge in [-0.15, -0.1) is 0 Å². The van der Waals surface area contributed by atoms with Crippen molar-refractivity contribution in [3.63, 3.8) is 0 Å². The van der Waals surface area contributed by atoms with E-state index in [0.717, 1.165) is 37.3 Å². The molecule has 0 atom stereocenters. The topological polar surface area (TPSA) is 43.8 Å². The number of carbonyl (C=O) groups excluding carboxylic acids is 1. The number of Topliss-reactive ketones (excluding diaryl/α,β-unsaturated/α-hetero) is 1. The largest absolute Gasteiger partial charge is 0.507 e. The van der Waals surface area contributed by atoms with Crippen LogP contribution in [0.1, 0.15) is 63.0 Å². The second-order valence-corrected chi connectivity index (χ2v) is 9.42. The molecule has 1 aliphatic rings. The smallest absolute Gasteiger partial charge is 0.180 e. The summed E-state index contributed by atoms with van der Waals surface area (Å²) in [5.41, 5.74) is 2.13.